The lowest BCUT2D eigenvalue weighted by Crippen LogP contribution is -2.03. The Labute approximate surface area is 118 Å². The summed E-state index contributed by atoms with van der Waals surface area (Å²) in [7, 11) is 0. The Bertz CT molecular complexity index is 593. The highest BCUT2D eigenvalue weighted by molar-refractivity contribution is 5.66. The molecule has 0 spiro atoms. The minimum atomic E-state index is -0.377. The number of halogens is 1. The molecule has 3 heteroatoms. The average Bonchev–Trinajstić information content (AvgIpc) is 2.45. The Balaban J connectivity index is 2.20. The second-order valence-electron chi connectivity index (χ2n) is 4.64. The van der Waals surface area contributed by atoms with Crippen LogP contribution in [0.4, 0.5) is 4.39 Å². The Hall–Kier alpha value is -2.16. The molecular weight excluding hydrogens is 255 g/mol. The van der Waals surface area contributed by atoms with Crippen molar-refractivity contribution in [2.75, 3.05) is 0 Å². The second kappa shape index (κ2) is 6.33. The quantitative estimate of drug-likeness (QED) is 0.774. The SMILES string of the molecule is CC(=O)O[CH]C(C)c1ccc(-c2ccccc2)c(F)c1. The van der Waals surface area contributed by atoms with Crippen LogP contribution < -0.4 is 0 Å². The Morgan fingerprint density at radius 1 is 1.20 bits per heavy atom. The molecular formula is C17H16FO2. The number of rotatable bonds is 4. The molecule has 2 nitrogen and oxygen atoms in total. The van der Waals surface area contributed by atoms with E-state index in [1.165, 1.54) is 19.6 Å². The van der Waals surface area contributed by atoms with E-state index >= 15 is 0 Å². The summed E-state index contributed by atoms with van der Waals surface area (Å²) in [5.41, 5.74) is 2.17. The number of ether oxygens (including phenoxy) is 1. The fraction of sp³-hybridized carbons (Fsp3) is 0.176. The fourth-order valence-electron chi connectivity index (χ4n) is 1.94. The van der Waals surface area contributed by atoms with Crippen LogP contribution in [0, 0.1) is 12.4 Å². The van der Waals surface area contributed by atoms with Gasteiger partial charge in [-0.15, -0.1) is 0 Å². The standard InChI is InChI=1S/C17H16FO2/c1-12(11-20-13(2)19)15-8-9-16(17(18)10-15)14-6-4-3-5-7-14/h3-12H,1-2H3. The van der Waals surface area contributed by atoms with Gasteiger partial charge in [0.1, 0.15) is 12.4 Å². The Kier molecular flexibility index (Phi) is 4.51. The van der Waals surface area contributed by atoms with Gasteiger partial charge in [-0.05, 0) is 17.2 Å². The van der Waals surface area contributed by atoms with Crippen molar-refractivity contribution in [3.8, 4) is 11.1 Å². The van der Waals surface area contributed by atoms with Crippen molar-refractivity contribution in [1.82, 2.24) is 0 Å². The average molecular weight is 271 g/mol. The lowest BCUT2D eigenvalue weighted by Gasteiger charge is -2.12. The zero-order chi connectivity index (χ0) is 14.5. The van der Waals surface area contributed by atoms with Gasteiger partial charge in [0, 0.05) is 18.4 Å². The predicted molar refractivity (Wildman–Crippen MR) is 76.3 cm³/mol. The summed E-state index contributed by atoms with van der Waals surface area (Å²) in [5, 5.41) is 0. The molecule has 0 amide bonds. The van der Waals surface area contributed by atoms with Crippen molar-refractivity contribution in [2.45, 2.75) is 19.8 Å². The molecule has 2 aromatic rings. The molecule has 2 aromatic carbocycles. The van der Waals surface area contributed by atoms with E-state index in [0.29, 0.717) is 5.56 Å². The summed E-state index contributed by atoms with van der Waals surface area (Å²) in [5.74, 6) is -0.812. The summed E-state index contributed by atoms with van der Waals surface area (Å²) in [4.78, 5) is 10.8. The first kappa shape index (κ1) is 14.3. The maximum atomic E-state index is 14.2. The Morgan fingerprint density at radius 2 is 1.90 bits per heavy atom. The molecule has 0 bridgehead atoms. The highest BCUT2D eigenvalue weighted by Crippen LogP contribution is 2.27. The van der Waals surface area contributed by atoms with Crippen LogP contribution in [0.15, 0.2) is 48.5 Å². The topological polar surface area (TPSA) is 26.3 Å². The maximum Gasteiger partial charge on any atom is 0.303 e. The molecule has 0 saturated carbocycles. The maximum absolute atomic E-state index is 14.2. The summed E-state index contributed by atoms with van der Waals surface area (Å²) < 4.78 is 19.0. The zero-order valence-electron chi connectivity index (χ0n) is 11.5. The van der Waals surface area contributed by atoms with Gasteiger partial charge in [-0.25, -0.2) is 4.39 Å². The highest BCUT2D eigenvalue weighted by Gasteiger charge is 2.12. The van der Waals surface area contributed by atoms with Crippen molar-refractivity contribution in [2.24, 2.45) is 0 Å². The normalized spacial score (nSPS) is 11.9. The van der Waals surface area contributed by atoms with E-state index in [2.05, 4.69) is 0 Å². The predicted octanol–water partition coefficient (Wildman–Crippen LogP) is 4.32. The van der Waals surface area contributed by atoms with E-state index in [1.807, 2.05) is 43.3 Å². The van der Waals surface area contributed by atoms with Gasteiger partial charge in [0.2, 0.25) is 0 Å². The first-order valence-corrected chi connectivity index (χ1v) is 6.43. The van der Waals surface area contributed by atoms with E-state index in [4.69, 9.17) is 4.74 Å². The molecule has 0 saturated heterocycles. The molecule has 0 heterocycles. The number of esters is 1. The highest BCUT2D eigenvalue weighted by atomic mass is 19.1. The van der Waals surface area contributed by atoms with Gasteiger partial charge in [0.15, 0.2) is 0 Å². The number of carbonyl (C=O) groups excluding carboxylic acids is 1. The molecule has 0 aromatic heterocycles. The fourth-order valence-corrected chi connectivity index (χ4v) is 1.94. The lowest BCUT2D eigenvalue weighted by molar-refractivity contribution is -0.137. The minimum absolute atomic E-state index is 0.154. The van der Waals surface area contributed by atoms with Gasteiger partial charge in [-0.2, -0.15) is 0 Å². The summed E-state index contributed by atoms with van der Waals surface area (Å²) in [6.07, 6.45) is 0. The molecule has 0 fully saturated rings. The summed E-state index contributed by atoms with van der Waals surface area (Å²) >= 11 is 0. The second-order valence-corrected chi connectivity index (χ2v) is 4.64. The van der Waals surface area contributed by atoms with Crippen LogP contribution in [0.1, 0.15) is 25.3 Å². The molecule has 103 valence electrons. The summed E-state index contributed by atoms with van der Waals surface area (Å²) in [6, 6.07) is 14.5. The van der Waals surface area contributed by atoms with Crippen LogP contribution in [0.5, 0.6) is 0 Å². The smallest absolute Gasteiger partial charge is 0.303 e. The number of benzene rings is 2. The van der Waals surface area contributed by atoms with Crippen molar-refractivity contribution in [3.05, 3.63) is 66.5 Å². The molecule has 1 atom stereocenters. The molecule has 1 unspecified atom stereocenters. The van der Waals surface area contributed by atoms with E-state index in [1.54, 1.807) is 6.07 Å². The van der Waals surface area contributed by atoms with Gasteiger partial charge in [0.25, 0.3) is 0 Å². The van der Waals surface area contributed by atoms with Crippen LogP contribution in [0.3, 0.4) is 0 Å². The third kappa shape index (κ3) is 3.44. The number of carbonyl (C=O) groups is 1. The molecule has 1 radical (unpaired) electrons. The van der Waals surface area contributed by atoms with E-state index < -0.39 is 0 Å². The van der Waals surface area contributed by atoms with Gasteiger partial charge in [0.05, 0.1) is 0 Å². The van der Waals surface area contributed by atoms with Crippen LogP contribution >= 0.6 is 0 Å². The molecule has 0 aliphatic heterocycles. The van der Waals surface area contributed by atoms with Crippen molar-refractivity contribution >= 4 is 5.97 Å². The molecule has 0 N–H and O–H groups in total. The molecule has 0 aliphatic rings. The van der Waals surface area contributed by atoms with Crippen LogP contribution in [0.2, 0.25) is 0 Å². The first-order chi connectivity index (χ1) is 9.58. The monoisotopic (exact) mass is 271 g/mol. The number of hydrogen-bond acceptors (Lipinski definition) is 2. The lowest BCUT2D eigenvalue weighted by atomic mass is 9.97. The third-order valence-corrected chi connectivity index (χ3v) is 3.04. The van der Waals surface area contributed by atoms with E-state index in [9.17, 15) is 9.18 Å². The van der Waals surface area contributed by atoms with Crippen LogP contribution in [0.25, 0.3) is 11.1 Å². The van der Waals surface area contributed by atoms with Gasteiger partial charge in [-0.3, -0.25) is 4.79 Å². The van der Waals surface area contributed by atoms with Crippen molar-refractivity contribution < 1.29 is 13.9 Å². The third-order valence-electron chi connectivity index (χ3n) is 3.04. The minimum Gasteiger partial charge on any atom is -0.458 e. The van der Waals surface area contributed by atoms with Crippen molar-refractivity contribution in [1.29, 1.82) is 0 Å². The molecule has 2 rings (SSSR count). The largest absolute Gasteiger partial charge is 0.458 e. The van der Waals surface area contributed by atoms with E-state index in [0.717, 1.165) is 11.1 Å². The zero-order valence-corrected chi connectivity index (χ0v) is 11.5. The van der Waals surface area contributed by atoms with Crippen molar-refractivity contribution in [3.63, 3.8) is 0 Å². The van der Waals surface area contributed by atoms with Gasteiger partial charge >= 0.3 is 5.97 Å². The van der Waals surface area contributed by atoms with Crippen LogP contribution in [-0.2, 0) is 9.53 Å². The summed E-state index contributed by atoms with van der Waals surface area (Å²) in [6.45, 7) is 4.60. The van der Waals surface area contributed by atoms with Gasteiger partial charge in [-0.1, -0.05) is 49.4 Å². The Morgan fingerprint density at radius 3 is 2.50 bits per heavy atom. The molecule has 20 heavy (non-hydrogen) atoms. The van der Waals surface area contributed by atoms with Crippen LogP contribution in [-0.4, -0.2) is 5.97 Å². The van der Waals surface area contributed by atoms with Gasteiger partial charge < -0.3 is 4.74 Å². The number of hydrogen-bond donors (Lipinski definition) is 0. The molecule has 0 aliphatic carbocycles. The first-order valence-electron chi connectivity index (χ1n) is 6.43. The van der Waals surface area contributed by atoms with E-state index in [-0.39, 0.29) is 17.7 Å².